The van der Waals surface area contributed by atoms with Crippen molar-refractivity contribution < 1.29 is 9.90 Å². The molecule has 4 heteroatoms. The van der Waals surface area contributed by atoms with Gasteiger partial charge < -0.3 is 9.67 Å². The molecule has 1 aliphatic rings. The Morgan fingerprint density at radius 2 is 2.26 bits per heavy atom. The van der Waals surface area contributed by atoms with Gasteiger partial charge in [0.2, 0.25) is 0 Å². The third kappa shape index (κ3) is 2.81. The zero-order valence-electron chi connectivity index (χ0n) is 13.8. The Morgan fingerprint density at radius 1 is 1.48 bits per heavy atom. The maximum Gasteiger partial charge on any atom is 0.335 e. The molecule has 1 heterocycles. The fourth-order valence-corrected chi connectivity index (χ4v) is 3.10. The van der Waals surface area contributed by atoms with Gasteiger partial charge in [0.05, 0.1) is 16.6 Å². The average molecular weight is 310 g/mol. The van der Waals surface area contributed by atoms with Crippen molar-refractivity contribution in [2.75, 3.05) is 0 Å². The van der Waals surface area contributed by atoms with Crippen LogP contribution in [0.4, 0.5) is 0 Å². The molecule has 23 heavy (non-hydrogen) atoms. The summed E-state index contributed by atoms with van der Waals surface area (Å²) in [5.74, 6) is 0.544. The number of carboxylic acid groups (broad SMARTS) is 1. The van der Waals surface area contributed by atoms with E-state index in [1.165, 1.54) is 5.57 Å². The lowest BCUT2D eigenvalue weighted by Gasteiger charge is -2.20. The number of carboxylic acids is 1. The Morgan fingerprint density at radius 3 is 2.91 bits per heavy atom. The summed E-state index contributed by atoms with van der Waals surface area (Å²) in [7, 11) is 0. The number of nitrogens with zero attached hydrogens (tertiary/aromatic N) is 2. The van der Waals surface area contributed by atoms with Gasteiger partial charge in [-0.05, 0) is 49.5 Å². The van der Waals surface area contributed by atoms with Gasteiger partial charge in [-0.25, -0.2) is 9.78 Å². The second-order valence-electron chi connectivity index (χ2n) is 6.33. The summed E-state index contributed by atoms with van der Waals surface area (Å²) in [5, 5.41) is 9.20. The minimum atomic E-state index is -0.917. The minimum Gasteiger partial charge on any atom is -0.478 e. The van der Waals surface area contributed by atoms with Crippen LogP contribution in [0.3, 0.4) is 0 Å². The summed E-state index contributed by atoms with van der Waals surface area (Å²) in [6.07, 6.45) is 8.37. The zero-order valence-corrected chi connectivity index (χ0v) is 13.8. The van der Waals surface area contributed by atoms with E-state index in [1.54, 1.807) is 12.1 Å². The number of hydrogen-bond acceptors (Lipinski definition) is 2. The highest BCUT2D eigenvalue weighted by atomic mass is 16.4. The molecule has 1 aromatic heterocycles. The molecule has 3 rings (SSSR count). The molecule has 1 N–H and O–H groups in total. The number of hydrogen-bond donors (Lipinski definition) is 1. The van der Waals surface area contributed by atoms with Crippen LogP contribution in [0.5, 0.6) is 0 Å². The van der Waals surface area contributed by atoms with Crippen LogP contribution in [0.1, 0.15) is 55.8 Å². The minimum absolute atomic E-state index is 0.281. The van der Waals surface area contributed by atoms with Crippen molar-refractivity contribution in [2.45, 2.75) is 39.7 Å². The van der Waals surface area contributed by atoms with E-state index in [2.05, 4.69) is 43.6 Å². The van der Waals surface area contributed by atoms with E-state index in [0.717, 1.165) is 29.7 Å². The molecule has 0 fully saturated rings. The lowest BCUT2D eigenvalue weighted by Crippen LogP contribution is -2.10. The van der Waals surface area contributed by atoms with E-state index in [-0.39, 0.29) is 5.56 Å². The van der Waals surface area contributed by atoms with Crippen LogP contribution >= 0.6 is 0 Å². The molecule has 0 spiro atoms. The molecular formula is C19H22N2O2. The van der Waals surface area contributed by atoms with E-state index in [4.69, 9.17) is 4.98 Å². The first-order chi connectivity index (χ1) is 11.0. The predicted molar refractivity (Wildman–Crippen MR) is 92.6 cm³/mol. The lowest BCUT2D eigenvalue weighted by molar-refractivity contribution is 0.0697. The molecule has 2 aromatic rings. The maximum atomic E-state index is 11.2. The Kier molecular flexibility index (Phi) is 4.07. The van der Waals surface area contributed by atoms with E-state index in [1.807, 2.05) is 6.07 Å². The van der Waals surface area contributed by atoms with Crippen molar-refractivity contribution in [1.82, 2.24) is 9.55 Å². The standard InChI is InChI=1S/C19H22N2O2/c1-4-13(3)21-17-9-8-15(19(22)23)11-16(17)20-18(21)14-7-5-6-12(2)10-14/h5-9,11-13H,4,10H2,1-3H3,(H,22,23). The summed E-state index contributed by atoms with van der Waals surface area (Å²) in [5.41, 5.74) is 3.25. The maximum absolute atomic E-state index is 11.2. The first kappa shape index (κ1) is 15.5. The Labute approximate surface area is 136 Å². The van der Waals surface area contributed by atoms with Crippen molar-refractivity contribution in [1.29, 1.82) is 0 Å². The second kappa shape index (κ2) is 6.03. The number of aromatic nitrogens is 2. The fourth-order valence-electron chi connectivity index (χ4n) is 3.10. The van der Waals surface area contributed by atoms with Gasteiger partial charge in [0.15, 0.2) is 0 Å². The molecule has 0 radical (unpaired) electrons. The van der Waals surface area contributed by atoms with Gasteiger partial charge in [-0.15, -0.1) is 0 Å². The molecule has 0 saturated heterocycles. The van der Waals surface area contributed by atoms with Crippen LogP contribution in [-0.2, 0) is 0 Å². The number of allylic oxidation sites excluding steroid dienone is 4. The molecule has 0 bridgehead atoms. The van der Waals surface area contributed by atoms with Crippen LogP contribution in [0, 0.1) is 5.92 Å². The fraction of sp³-hybridized carbons (Fsp3) is 0.368. The van der Waals surface area contributed by atoms with Gasteiger partial charge in [-0.3, -0.25) is 0 Å². The van der Waals surface area contributed by atoms with Gasteiger partial charge in [0.25, 0.3) is 0 Å². The monoisotopic (exact) mass is 310 g/mol. The smallest absolute Gasteiger partial charge is 0.335 e. The number of rotatable bonds is 4. The van der Waals surface area contributed by atoms with Crippen molar-refractivity contribution >= 4 is 22.6 Å². The quantitative estimate of drug-likeness (QED) is 0.891. The molecule has 1 aromatic carbocycles. The summed E-state index contributed by atoms with van der Waals surface area (Å²) in [6.45, 7) is 6.53. The highest BCUT2D eigenvalue weighted by Gasteiger charge is 2.20. The van der Waals surface area contributed by atoms with Gasteiger partial charge in [-0.2, -0.15) is 0 Å². The normalized spacial score (nSPS) is 18.9. The van der Waals surface area contributed by atoms with Gasteiger partial charge >= 0.3 is 5.97 Å². The molecule has 2 atom stereocenters. The van der Waals surface area contributed by atoms with Crippen molar-refractivity contribution in [2.24, 2.45) is 5.92 Å². The first-order valence-electron chi connectivity index (χ1n) is 8.14. The predicted octanol–water partition coefficient (Wildman–Crippen LogP) is 4.68. The summed E-state index contributed by atoms with van der Waals surface area (Å²) in [4.78, 5) is 16.0. The molecule has 0 amide bonds. The summed E-state index contributed by atoms with van der Waals surface area (Å²) in [6, 6.07) is 5.52. The van der Waals surface area contributed by atoms with Gasteiger partial charge in [-0.1, -0.05) is 32.1 Å². The molecule has 120 valence electrons. The second-order valence-corrected chi connectivity index (χ2v) is 6.33. The third-order valence-electron chi connectivity index (χ3n) is 4.53. The van der Waals surface area contributed by atoms with Crippen LogP contribution in [0.25, 0.3) is 16.6 Å². The first-order valence-corrected chi connectivity index (χ1v) is 8.14. The zero-order chi connectivity index (χ0) is 16.6. The lowest BCUT2D eigenvalue weighted by atomic mass is 9.95. The summed E-state index contributed by atoms with van der Waals surface area (Å²) < 4.78 is 2.25. The number of carbonyl (C=O) groups is 1. The molecule has 0 saturated carbocycles. The average Bonchev–Trinajstić information content (AvgIpc) is 2.92. The van der Waals surface area contributed by atoms with Crippen molar-refractivity contribution in [3.05, 3.63) is 47.8 Å². The van der Waals surface area contributed by atoms with E-state index < -0.39 is 5.97 Å². The molecule has 1 aliphatic carbocycles. The van der Waals surface area contributed by atoms with Gasteiger partial charge in [0.1, 0.15) is 5.82 Å². The van der Waals surface area contributed by atoms with Crippen LogP contribution in [0.15, 0.2) is 36.4 Å². The molecule has 2 unspecified atom stereocenters. The van der Waals surface area contributed by atoms with Gasteiger partial charge in [0, 0.05) is 6.04 Å². The van der Waals surface area contributed by atoms with Crippen LogP contribution < -0.4 is 0 Å². The Bertz CT molecular complexity index is 814. The highest BCUT2D eigenvalue weighted by molar-refractivity contribution is 5.93. The van der Waals surface area contributed by atoms with E-state index >= 15 is 0 Å². The van der Waals surface area contributed by atoms with Crippen molar-refractivity contribution in [3.63, 3.8) is 0 Å². The molecular weight excluding hydrogens is 288 g/mol. The van der Waals surface area contributed by atoms with E-state index in [0.29, 0.717) is 12.0 Å². The number of imidazole rings is 1. The topological polar surface area (TPSA) is 55.1 Å². The molecule has 4 nitrogen and oxygen atoms in total. The molecule has 0 aliphatic heterocycles. The van der Waals surface area contributed by atoms with E-state index in [9.17, 15) is 9.90 Å². The number of aromatic carboxylic acids is 1. The Balaban J connectivity index is 2.21. The van der Waals surface area contributed by atoms with Crippen molar-refractivity contribution in [3.8, 4) is 0 Å². The number of fused-ring (bicyclic) bond motifs is 1. The van der Waals surface area contributed by atoms with Crippen LogP contribution in [-0.4, -0.2) is 20.6 Å². The Hall–Kier alpha value is -2.36. The largest absolute Gasteiger partial charge is 0.478 e. The number of benzene rings is 1. The summed E-state index contributed by atoms with van der Waals surface area (Å²) >= 11 is 0. The highest BCUT2D eigenvalue weighted by Crippen LogP contribution is 2.32. The van der Waals surface area contributed by atoms with Crippen LogP contribution in [0.2, 0.25) is 0 Å². The SMILES string of the molecule is CCC(C)n1c(C2=CC=CC(C)C2)nc2cc(C(=O)O)ccc21. The third-order valence-corrected chi connectivity index (χ3v) is 4.53.